The van der Waals surface area contributed by atoms with Gasteiger partial charge in [0, 0.05) is 0 Å². The van der Waals surface area contributed by atoms with E-state index < -0.39 is 92.7 Å². The van der Waals surface area contributed by atoms with Crippen LogP contribution in [0.2, 0.25) is 0 Å². The van der Waals surface area contributed by atoms with Gasteiger partial charge in [0.15, 0.2) is 28.9 Å². The number of carboxylic acid groups (broad SMARTS) is 1. The first kappa shape index (κ1) is 13.7. The highest BCUT2D eigenvalue weighted by Crippen LogP contribution is 2.40. The number of amides is 1. The summed E-state index contributed by atoms with van der Waals surface area (Å²) in [6.07, 6.45) is 0. The predicted octanol–water partition coefficient (Wildman–Crippen LogP) is 4.19. The zero-order valence-corrected chi connectivity index (χ0v) is 14.6. The van der Waals surface area contributed by atoms with Crippen LogP contribution >= 0.6 is 11.3 Å². The minimum Gasteiger partial charge on any atom is -0.491 e. The molecule has 144 valence electrons. The van der Waals surface area contributed by atoms with Gasteiger partial charge in [-0.15, -0.1) is 11.3 Å². The van der Waals surface area contributed by atoms with Crippen molar-refractivity contribution in [3.05, 3.63) is 63.7 Å². The molecule has 0 fully saturated rings. The third-order valence-corrected chi connectivity index (χ3v) is 4.26. The predicted molar refractivity (Wildman–Crippen MR) is 95.3 cm³/mol. The Bertz CT molecular complexity index is 1310. The zero-order chi connectivity index (χ0) is 24.8. The SMILES string of the molecule is [2H]c1c([2H])c([2H])c(-c2c(F)c(F)c(NC(=O)c3ncsc3C(=O)O)c(OC)c2F)c([2H])c1[2H]. The Morgan fingerprint density at radius 1 is 1.18 bits per heavy atom. The highest BCUT2D eigenvalue weighted by atomic mass is 32.1. The molecule has 0 radical (unpaired) electrons. The second kappa shape index (κ2) is 7.69. The number of hydrogen-bond donors (Lipinski definition) is 2. The smallest absolute Gasteiger partial charge is 0.348 e. The average molecular weight is 413 g/mol. The summed E-state index contributed by atoms with van der Waals surface area (Å²) in [7, 11) is 0.850. The van der Waals surface area contributed by atoms with Crippen LogP contribution in [0.3, 0.4) is 0 Å². The van der Waals surface area contributed by atoms with Crippen LogP contribution in [0.5, 0.6) is 5.75 Å². The van der Waals surface area contributed by atoms with Crippen LogP contribution in [0.15, 0.2) is 35.7 Å². The summed E-state index contributed by atoms with van der Waals surface area (Å²) in [5, 5.41) is 10.9. The number of aromatic carboxylic acids is 1. The van der Waals surface area contributed by atoms with E-state index >= 15 is 4.39 Å². The zero-order valence-electron chi connectivity index (χ0n) is 18.7. The number of benzene rings is 2. The lowest BCUT2D eigenvalue weighted by Crippen LogP contribution is -2.18. The van der Waals surface area contributed by atoms with Crippen molar-refractivity contribution in [2.24, 2.45) is 0 Å². The summed E-state index contributed by atoms with van der Waals surface area (Å²) >= 11 is 0.587. The average Bonchev–Trinajstić information content (AvgIpc) is 3.27. The third kappa shape index (κ3) is 3.29. The first-order valence-electron chi connectivity index (χ1n) is 9.73. The number of carbonyl (C=O) groups excluding carboxylic acids is 1. The van der Waals surface area contributed by atoms with Crippen LogP contribution in [-0.4, -0.2) is 29.1 Å². The molecule has 28 heavy (non-hydrogen) atoms. The first-order chi connectivity index (χ1) is 15.4. The normalized spacial score (nSPS) is 13.1. The Kier molecular flexibility index (Phi) is 3.77. The highest BCUT2D eigenvalue weighted by Gasteiger charge is 2.29. The van der Waals surface area contributed by atoms with Gasteiger partial charge in [-0.2, -0.15) is 0 Å². The molecular formula is C18H11F3N2O4S. The summed E-state index contributed by atoms with van der Waals surface area (Å²) < 4.78 is 88.6. The molecule has 6 nitrogen and oxygen atoms in total. The van der Waals surface area contributed by atoms with Gasteiger partial charge in [0.1, 0.15) is 10.6 Å². The number of thiazole rings is 1. The van der Waals surface area contributed by atoms with Crippen LogP contribution in [-0.2, 0) is 0 Å². The van der Waals surface area contributed by atoms with Crippen molar-refractivity contribution >= 4 is 28.9 Å². The largest absolute Gasteiger partial charge is 0.491 e. The number of ether oxygens (including phenoxy) is 1. The van der Waals surface area contributed by atoms with Crippen LogP contribution in [0.4, 0.5) is 18.9 Å². The Morgan fingerprint density at radius 2 is 1.86 bits per heavy atom. The minimum atomic E-state index is -1.97. The molecule has 0 aliphatic carbocycles. The van der Waals surface area contributed by atoms with Gasteiger partial charge >= 0.3 is 5.97 Å². The summed E-state index contributed by atoms with van der Waals surface area (Å²) in [5.41, 5.74) is -3.03. The Morgan fingerprint density at radius 3 is 2.46 bits per heavy atom. The van der Waals surface area contributed by atoms with Crippen LogP contribution in [0, 0.1) is 17.5 Å². The maximum absolute atomic E-state index is 15.3. The molecule has 1 aromatic heterocycles. The summed E-state index contributed by atoms with van der Waals surface area (Å²) in [4.78, 5) is 26.6. The molecule has 1 amide bonds. The van der Waals surface area contributed by atoms with Gasteiger partial charge in [-0.25, -0.2) is 22.9 Å². The maximum atomic E-state index is 15.3. The molecular weight excluding hydrogens is 397 g/mol. The summed E-state index contributed by atoms with van der Waals surface area (Å²) in [5.74, 6) is -9.39. The van der Waals surface area contributed by atoms with Crippen molar-refractivity contribution in [2.45, 2.75) is 0 Å². The second-order valence-electron chi connectivity index (χ2n) is 5.01. The number of nitrogens with one attached hydrogen (secondary N) is 1. The number of halogens is 3. The van der Waals surface area contributed by atoms with E-state index in [1.807, 2.05) is 5.32 Å². The highest BCUT2D eigenvalue weighted by molar-refractivity contribution is 7.12. The summed E-state index contributed by atoms with van der Waals surface area (Å²) in [6.45, 7) is 0. The first-order valence-corrected chi connectivity index (χ1v) is 8.11. The molecule has 3 rings (SSSR count). The standard InChI is InChI=1S/C18H11F3N2O4S/c1-27-15-11(20)9(8-5-3-2-4-6-8)10(19)12(21)13(15)23-17(24)14-16(18(25)26)28-7-22-14/h2-7H,1H3,(H,23,24)(H,25,26)/i2D,3D,4D,5D,6D. The molecule has 10 heteroatoms. The van der Waals surface area contributed by atoms with Crippen molar-refractivity contribution in [2.75, 3.05) is 12.4 Å². The van der Waals surface area contributed by atoms with Crippen LogP contribution < -0.4 is 10.1 Å². The fourth-order valence-electron chi connectivity index (χ4n) is 2.27. The van der Waals surface area contributed by atoms with E-state index in [2.05, 4.69) is 4.98 Å². The molecule has 0 bridgehead atoms. The fourth-order valence-corrected chi connectivity index (χ4v) is 2.89. The van der Waals surface area contributed by atoms with Crippen molar-refractivity contribution < 1.29 is 39.5 Å². The number of rotatable bonds is 5. The van der Waals surface area contributed by atoms with Crippen molar-refractivity contribution in [1.82, 2.24) is 4.98 Å². The Balaban J connectivity index is 2.25. The molecule has 2 aromatic carbocycles. The van der Waals surface area contributed by atoms with Crippen LogP contribution in [0.1, 0.15) is 27.0 Å². The lowest BCUT2D eigenvalue weighted by molar-refractivity contribution is 0.0697. The van der Waals surface area contributed by atoms with E-state index in [0.29, 0.717) is 11.3 Å². The number of methoxy groups -OCH3 is 1. The maximum Gasteiger partial charge on any atom is 0.348 e. The molecule has 0 unspecified atom stereocenters. The number of aromatic nitrogens is 1. The van der Waals surface area contributed by atoms with E-state index in [0.717, 1.165) is 12.6 Å². The van der Waals surface area contributed by atoms with Gasteiger partial charge in [-0.1, -0.05) is 30.2 Å². The fraction of sp³-hybridized carbons (Fsp3) is 0.0556. The van der Waals surface area contributed by atoms with Gasteiger partial charge in [0.25, 0.3) is 5.91 Å². The van der Waals surface area contributed by atoms with E-state index in [9.17, 15) is 18.4 Å². The topological polar surface area (TPSA) is 88.5 Å². The van der Waals surface area contributed by atoms with Gasteiger partial charge in [0.05, 0.1) is 25.0 Å². The van der Waals surface area contributed by atoms with E-state index in [1.165, 1.54) is 0 Å². The monoisotopic (exact) mass is 413 g/mol. The van der Waals surface area contributed by atoms with Crippen LogP contribution in [0.25, 0.3) is 11.1 Å². The third-order valence-electron chi connectivity index (χ3n) is 3.45. The number of nitrogens with zero attached hydrogens (tertiary/aromatic N) is 1. The molecule has 0 aliphatic heterocycles. The van der Waals surface area contributed by atoms with Gasteiger partial charge in [-0.3, -0.25) is 4.79 Å². The molecule has 0 spiro atoms. The second-order valence-corrected chi connectivity index (χ2v) is 5.87. The summed E-state index contributed by atoms with van der Waals surface area (Å²) in [6, 6.07) is -4.64. The van der Waals surface area contributed by atoms with E-state index in [4.69, 9.17) is 16.7 Å². The molecule has 0 saturated carbocycles. The molecule has 0 aliphatic rings. The lowest BCUT2D eigenvalue weighted by atomic mass is 10.0. The molecule has 0 atom stereocenters. The molecule has 1 heterocycles. The van der Waals surface area contributed by atoms with Gasteiger partial charge in [0.2, 0.25) is 0 Å². The minimum absolute atomic E-state index is 0.511. The molecule has 2 N–H and O–H groups in total. The number of hydrogen-bond acceptors (Lipinski definition) is 5. The molecule has 0 saturated heterocycles. The van der Waals surface area contributed by atoms with E-state index in [-0.39, 0.29) is 0 Å². The lowest BCUT2D eigenvalue weighted by Gasteiger charge is -2.16. The number of carbonyl (C=O) groups is 2. The van der Waals surface area contributed by atoms with Gasteiger partial charge < -0.3 is 15.2 Å². The Hall–Kier alpha value is -3.40. The number of anilines is 1. The quantitative estimate of drug-likeness (QED) is 0.613. The number of carboxylic acids is 1. The Labute approximate surface area is 167 Å². The van der Waals surface area contributed by atoms with Crippen molar-refractivity contribution in [3.63, 3.8) is 0 Å². The molecule has 3 aromatic rings. The van der Waals surface area contributed by atoms with E-state index in [1.54, 1.807) is 0 Å². The van der Waals surface area contributed by atoms with Crippen molar-refractivity contribution in [1.29, 1.82) is 0 Å². The van der Waals surface area contributed by atoms with Crippen molar-refractivity contribution in [3.8, 4) is 16.9 Å². The van der Waals surface area contributed by atoms with Gasteiger partial charge in [-0.05, 0) is 5.56 Å².